The van der Waals surface area contributed by atoms with Crippen molar-refractivity contribution >= 4 is 52.0 Å². The number of H-pyrrole nitrogens is 1. The minimum atomic E-state index is -1.23. The van der Waals surface area contributed by atoms with Gasteiger partial charge in [-0.1, -0.05) is 79.8 Å². The highest BCUT2D eigenvalue weighted by Crippen LogP contribution is 2.35. The van der Waals surface area contributed by atoms with Crippen LogP contribution in [-0.4, -0.2) is 95.9 Å². The summed E-state index contributed by atoms with van der Waals surface area (Å²) in [5.41, 5.74) is 3.28. The van der Waals surface area contributed by atoms with Crippen molar-refractivity contribution in [3.8, 4) is 21.7 Å². The van der Waals surface area contributed by atoms with Crippen molar-refractivity contribution < 1.29 is 33.8 Å². The van der Waals surface area contributed by atoms with Gasteiger partial charge >= 0.3 is 12.2 Å². The highest BCUT2D eigenvalue weighted by molar-refractivity contribution is 7.20. The molecule has 0 radical (unpaired) electrons. The molecule has 2 saturated heterocycles. The molecule has 17 heteroatoms. The molecule has 2 fully saturated rings. The number of imidazole rings is 2. The Labute approximate surface area is 332 Å². The van der Waals surface area contributed by atoms with E-state index < -0.39 is 30.3 Å². The lowest BCUT2D eigenvalue weighted by molar-refractivity contribution is -0.138. The van der Waals surface area contributed by atoms with Crippen LogP contribution in [0.3, 0.4) is 0 Å². The van der Waals surface area contributed by atoms with Crippen molar-refractivity contribution in [2.45, 2.75) is 70.6 Å². The van der Waals surface area contributed by atoms with Gasteiger partial charge in [0.15, 0.2) is 10.8 Å². The van der Waals surface area contributed by atoms with Gasteiger partial charge in [-0.3, -0.25) is 18.8 Å². The average molecular weight is 796 g/mol. The van der Waals surface area contributed by atoms with Gasteiger partial charge in [0, 0.05) is 19.3 Å². The molecular formula is C40H45N9O7S. The van der Waals surface area contributed by atoms with E-state index in [9.17, 15) is 29.1 Å². The Morgan fingerprint density at radius 1 is 0.930 bits per heavy atom. The molecule has 16 nitrogen and oxygen atoms in total. The highest BCUT2D eigenvalue weighted by atomic mass is 32.1. The van der Waals surface area contributed by atoms with Gasteiger partial charge in [0.05, 0.1) is 35.6 Å². The summed E-state index contributed by atoms with van der Waals surface area (Å²) < 4.78 is 6.90. The number of fused-ring (bicyclic) bond motifs is 1. The number of likely N-dealkylation sites (tertiary alicyclic amines) is 2. The molecule has 5 aromatic rings. The molecule has 298 valence electrons. The van der Waals surface area contributed by atoms with E-state index in [4.69, 9.17) is 4.74 Å². The van der Waals surface area contributed by atoms with E-state index in [1.165, 1.54) is 16.2 Å². The fraction of sp³-hybridized carbons (Fsp3) is 0.375. The zero-order valence-corrected chi connectivity index (χ0v) is 32.6. The van der Waals surface area contributed by atoms with Crippen molar-refractivity contribution in [3.63, 3.8) is 0 Å². The maximum Gasteiger partial charge on any atom is 0.408 e. The second-order valence-corrected chi connectivity index (χ2v) is 15.4. The second kappa shape index (κ2) is 16.9. The molecule has 7 rings (SSSR count). The third-order valence-corrected chi connectivity index (χ3v) is 11.3. The molecule has 3 aromatic heterocycles. The normalized spacial score (nSPS) is 17.8. The minimum absolute atomic E-state index is 0.156. The zero-order valence-electron chi connectivity index (χ0n) is 31.8. The molecule has 0 aliphatic carbocycles. The minimum Gasteiger partial charge on any atom is -0.465 e. The summed E-state index contributed by atoms with van der Waals surface area (Å²) in [6.45, 7) is 6.38. The van der Waals surface area contributed by atoms with E-state index in [0.29, 0.717) is 48.1 Å². The number of nitrogens with one attached hydrogen (secondary N) is 4. The van der Waals surface area contributed by atoms with Crippen LogP contribution in [0.25, 0.3) is 26.7 Å². The Balaban J connectivity index is 0.994. The first-order chi connectivity index (χ1) is 27.5. The Bertz CT molecular complexity index is 2220. The monoisotopic (exact) mass is 795 g/mol. The van der Waals surface area contributed by atoms with E-state index in [0.717, 1.165) is 34.5 Å². The maximum atomic E-state index is 13.8. The zero-order chi connectivity index (χ0) is 40.2. The third kappa shape index (κ3) is 8.47. The number of carbonyl (C=O) groups is 5. The van der Waals surface area contributed by atoms with Crippen LogP contribution in [0.4, 0.5) is 15.4 Å². The number of benzene rings is 2. The summed E-state index contributed by atoms with van der Waals surface area (Å²) in [6.07, 6.45) is 6.13. The first-order valence-corrected chi connectivity index (χ1v) is 19.9. The number of alkyl carbamates (subject to hydrolysis) is 1. The van der Waals surface area contributed by atoms with E-state index in [2.05, 4.69) is 30.9 Å². The number of thiazole rings is 1. The highest BCUT2D eigenvalue weighted by Gasteiger charge is 2.39. The number of anilines is 1. The molecule has 57 heavy (non-hydrogen) atoms. The van der Waals surface area contributed by atoms with E-state index >= 15 is 0 Å². The molecule has 4 atom stereocenters. The fourth-order valence-corrected chi connectivity index (χ4v) is 8.47. The van der Waals surface area contributed by atoms with Crippen molar-refractivity contribution in [2.75, 3.05) is 25.0 Å². The molecule has 0 unspecified atom stereocenters. The first kappa shape index (κ1) is 39.0. The van der Waals surface area contributed by atoms with Crippen LogP contribution in [0.15, 0.2) is 73.2 Å². The SMILES string of the molecule is CCOC(=O)N[C@@H](C(=O)N1CCC[C@H]1C(=O)Nc1cn2cc(-c3ccc(-c4cnc([C@@H]5CCCN5C(=O)[C@@H](NC(=O)O)C(C)C)[nH]4)cc3)sc2n1)c1ccccc1. The molecule has 5 amide bonds. The number of aromatic nitrogens is 4. The van der Waals surface area contributed by atoms with Gasteiger partial charge < -0.3 is 40.6 Å². The van der Waals surface area contributed by atoms with Gasteiger partial charge in [0.25, 0.3) is 5.91 Å². The lowest BCUT2D eigenvalue weighted by Crippen LogP contribution is -2.50. The molecule has 2 aliphatic heterocycles. The molecule has 5 heterocycles. The number of aromatic amines is 1. The summed E-state index contributed by atoms with van der Waals surface area (Å²) in [6, 6.07) is 14.0. The van der Waals surface area contributed by atoms with Crippen molar-refractivity contribution in [2.24, 2.45) is 5.92 Å². The van der Waals surface area contributed by atoms with Crippen LogP contribution >= 0.6 is 11.3 Å². The molecule has 0 bridgehead atoms. The van der Waals surface area contributed by atoms with E-state index in [1.807, 2.05) is 54.8 Å². The summed E-state index contributed by atoms with van der Waals surface area (Å²) in [4.78, 5) is 81.9. The first-order valence-electron chi connectivity index (χ1n) is 19.0. The number of rotatable bonds is 12. The Morgan fingerprint density at radius 3 is 2.35 bits per heavy atom. The number of carboxylic acid groups (broad SMARTS) is 1. The van der Waals surface area contributed by atoms with Crippen LogP contribution < -0.4 is 16.0 Å². The molecule has 0 saturated carbocycles. The molecule has 2 aliphatic rings. The number of nitrogens with zero attached hydrogens (tertiary/aromatic N) is 5. The standard InChI is InChI=1S/C40H45N9O7S/c1-4-56-40(55)46-33(26-10-6-5-7-11-26)37(52)49-19-9-13-29(49)35(50)43-31-22-47-21-30(57-38(47)44-31)25-16-14-24(15-17-25)27-20-41-34(42-27)28-12-8-18-48(28)36(51)32(23(2)3)45-39(53)54/h5-7,10-11,14-17,20-23,28-29,32-33,45H,4,8-9,12-13,18-19H2,1-3H3,(H,41,42)(H,43,50)(H,46,55)(H,53,54)/t28-,29-,32-,33+/m0/s1. The van der Waals surface area contributed by atoms with Crippen LogP contribution in [0.1, 0.15) is 69.9 Å². The Morgan fingerprint density at radius 2 is 1.65 bits per heavy atom. The third-order valence-electron chi connectivity index (χ3n) is 10.3. The van der Waals surface area contributed by atoms with Gasteiger partial charge in [-0.15, -0.1) is 0 Å². The van der Waals surface area contributed by atoms with E-state index in [-0.39, 0.29) is 36.3 Å². The Kier molecular flexibility index (Phi) is 11.5. The van der Waals surface area contributed by atoms with Gasteiger partial charge in [-0.05, 0) is 55.2 Å². The topological polar surface area (TPSA) is 203 Å². The molecular weight excluding hydrogens is 751 g/mol. The lowest BCUT2D eigenvalue weighted by Gasteiger charge is -2.29. The van der Waals surface area contributed by atoms with E-state index in [1.54, 1.807) is 48.5 Å². The number of hydrogen-bond donors (Lipinski definition) is 5. The maximum absolute atomic E-state index is 13.8. The summed E-state index contributed by atoms with van der Waals surface area (Å²) in [7, 11) is 0. The largest absolute Gasteiger partial charge is 0.465 e. The van der Waals surface area contributed by atoms with Crippen LogP contribution in [0, 0.1) is 5.92 Å². The van der Waals surface area contributed by atoms with Crippen molar-refractivity contribution in [1.82, 2.24) is 39.8 Å². The van der Waals surface area contributed by atoms with Gasteiger partial charge in [-0.2, -0.15) is 0 Å². The summed E-state index contributed by atoms with van der Waals surface area (Å²) in [5.74, 6) is -0.163. The fourth-order valence-electron chi connectivity index (χ4n) is 7.50. The summed E-state index contributed by atoms with van der Waals surface area (Å²) >= 11 is 1.46. The number of ether oxygens (including phenoxy) is 1. The molecule has 2 aromatic carbocycles. The van der Waals surface area contributed by atoms with Gasteiger partial charge in [0.1, 0.15) is 23.9 Å². The predicted octanol–water partition coefficient (Wildman–Crippen LogP) is 5.83. The smallest absolute Gasteiger partial charge is 0.408 e. The molecule has 0 spiro atoms. The number of carbonyl (C=O) groups excluding carboxylic acids is 4. The lowest BCUT2D eigenvalue weighted by atomic mass is 10.0. The predicted molar refractivity (Wildman–Crippen MR) is 212 cm³/mol. The van der Waals surface area contributed by atoms with Crippen LogP contribution in [0.5, 0.6) is 0 Å². The second-order valence-electron chi connectivity index (χ2n) is 14.4. The quantitative estimate of drug-likeness (QED) is 0.103. The van der Waals surface area contributed by atoms with Crippen LogP contribution in [0.2, 0.25) is 0 Å². The number of amides is 5. The van der Waals surface area contributed by atoms with Gasteiger partial charge in [0.2, 0.25) is 11.8 Å². The van der Waals surface area contributed by atoms with Gasteiger partial charge in [-0.25, -0.2) is 19.6 Å². The Hall–Kier alpha value is -6.23. The van der Waals surface area contributed by atoms with Crippen molar-refractivity contribution in [1.29, 1.82) is 0 Å². The number of hydrogen-bond acceptors (Lipinski definition) is 9. The summed E-state index contributed by atoms with van der Waals surface area (Å²) in [5, 5.41) is 17.2. The van der Waals surface area contributed by atoms with Crippen LogP contribution in [-0.2, 0) is 19.1 Å². The van der Waals surface area contributed by atoms with Crippen molar-refractivity contribution in [3.05, 3.63) is 84.6 Å². The average Bonchev–Trinajstić information content (AvgIpc) is 4.04. The molecule has 5 N–H and O–H groups in total.